The number of hydrogen-bond acceptors (Lipinski definition) is 9. The third-order valence-corrected chi connectivity index (χ3v) is 6.05. The van der Waals surface area contributed by atoms with E-state index in [0.717, 1.165) is 29.8 Å². The van der Waals surface area contributed by atoms with Crippen molar-refractivity contribution in [3.63, 3.8) is 0 Å². The van der Waals surface area contributed by atoms with Crippen LogP contribution in [0.5, 0.6) is 17.2 Å². The lowest BCUT2D eigenvalue weighted by Gasteiger charge is -2.34. The summed E-state index contributed by atoms with van der Waals surface area (Å²) in [4.78, 5) is 14.6. The van der Waals surface area contributed by atoms with Crippen LogP contribution in [0.3, 0.4) is 0 Å². The number of nitrogens with zero attached hydrogens (tertiary/aromatic N) is 6. The van der Waals surface area contributed by atoms with Crippen molar-refractivity contribution in [3.05, 3.63) is 52.8 Å². The minimum atomic E-state index is -0.285. The van der Waals surface area contributed by atoms with E-state index in [0.29, 0.717) is 28.6 Å². The second kappa shape index (κ2) is 9.34. The van der Waals surface area contributed by atoms with E-state index >= 15 is 0 Å². The van der Waals surface area contributed by atoms with Crippen molar-refractivity contribution >= 4 is 12.1 Å². The van der Waals surface area contributed by atoms with Crippen LogP contribution in [0.15, 0.2) is 35.4 Å². The Labute approximate surface area is 202 Å². The molecule has 182 valence electrons. The molecule has 0 saturated heterocycles. The van der Waals surface area contributed by atoms with Gasteiger partial charge in [0.05, 0.1) is 12.8 Å². The minimum Gasteiger partial charge on any atom is -0.492 e. The summed E-state index contributed by atoms with van der Waals surface area (Å²) in [5, 5.41) is 16.6. The predicted octanol–water partition coefficient (Wildman–Crippen LogP) is 2.35. The summed E-state index contributed by atoms with van der Waals surface area (Å²) in [6.45, 7) is 4.94. The number of nitrogens with one attached hydrogen (secondary N) is 1. The number of likely N-dealkylation sites (N-methyl/N-ethyl adjacent to an activating group) is 1. The quantitative estimate of drug-likeness (QED) is 0.425. The maximum absolute atomic E-state index is 12.4. The van der Waals surface area contributed by atoms with Crippen molar-refractivity contribution in [2.75, 3.05) is 27.5 Å². The van der Waals surface area contributed by atoms with Crippen LogP contribution in [0.2, 0.25) is 0 Å². The molecule has 11 heteroatoms. The highest BCUT2D eigenvalue weighted by Crippen LogP contribution is 2.50. The van der Waals surface area contributed by atoms with Crippen LogP contribution < -0.4 is 19.6 Å². The van der Waals surface area contributed by atoms with E-state index in [1.165, 1.54) is 0 Å². The lowest BCUT2D eigenvalue weighted by Crippen LogP contribution is -2.35. The summed E-state index contributed by atoms with van der Waals surface area (Å²) in [6.07, 6.45) is 2.51. The van der Waals surface area contributed by atoms with Gasteiger partial charge in [-0.2, -0.15) is 9.78 Å². The van der Waals surface area contributed by atoms with E-state index in [2.05, 4.69) is 31.0 Å². The summed E-state index contributed by atoms with van der Waals surface area (Å²) in [7, 11) is 3.66. The number of hydrazone groups is 1. The fraction of sp³-hybridized carbons (Fsp3) is 0.375. The Balaban J connectivity index is 1.49. The van der Waals surface area contributed by atoms with Crippen LogP contribution in [0.1, 0.15) is 47.2 Å². The standard InChI is InChI=1S/C24H27N7O4/c1-14(2)12-25-27-24(32)15-5-7-17(8-6-15)31-23(26-28-29-31)20-19-16(9-10-30(20)3)11-18-21(22(19)33-4)35-13-34-18/h5-8,11-12,14,20H,9-10,13H2,1-4H3,(H,27,32)/b25-12-/t20-/m1/s1. The monoisotopic (exact) mass is 477 g/mol. The van der Waals surface area contributed by atoms with Gasteiger partial charge in [-0.1, -0.05) is 13.8 Å². The number of tetrazole rings is 1. The van der Waals surface area contributed by atoms with Gasteiger partial charge < -0.3 is 14.2 Å². The smallest absolute Gasteiger partial charge is 0.271 e. The number of fused-ring (bicyclic) bond motifs is 2. The number of amides is 1. The first kappa shape index (κ1) is 22.8. The highest BCUT2D eigenvalue weighted by Gasteiger charge is 2.37. The van der Waals surface area contributed by atoms with E-state index in [9.17, 15) is 4.79 Å². The molecule has 1 aromatic heterocycles. The van der Waals surface area contributed by atoms with Gasteiger partial charge in [0, 0.05) is 23.9 Å². The van der Waals surface area contributed by atoms with E-state index in [1.54, 1.807) is 30.1 Å². The minimum absolute atomic E-state index is 0.162. The Morgan fingerprint density at radius 3 is 2.83 bits per heavy atom. The molecule has 0 unspecified atom stereocenters. The van der Waals surface area contributed by atoms with Crippen LogP contribution in [0.4, 0.5) is 0 Å². The second-order valence-electron chi connectivity index (χ2n) is 8.81. The molecule has 2 aliphatic rings. The molecular weight excluding hydrogens is 450 g/mol. The molecule has 2 aliphatic heterocycles. The molecule has 0 spiro atoms. The fourth-order valence-corrected chi connectivity index (χ4v) is 4.37. The van der Waals surface area contributed by atoms with Crippen molar-refractivity contribution < 1.29 is 19.0 Å². The molecular formula is C24H27N7O4. The van der Waals surface area contributed by atoms with Crippen molar-refractivity contribution in [1.82, 2.24) is 30.5 Å². The molecule has 11 nitrogen and oxygen atoms in total. The maximum atomic E-state index is 12.4. The summed E-state index contributed by atoms with van der Waals surface area (Å²) in [5.41, 5.74) is 5.82. The van der Waals surface area contributed by atoms with Gasteiger partial charge in [-0.05, 0) is 65.7 Å². The Bertz CT molecular complexity index is 1270. The highest BCUT2D eigenvalue weighted by molar-refractivity contribution is 5.94. The number of benzene rings is 2. The summed E-state index contributed by atoms with van der Waals surface area (Å²) >= 11 is 0. The Kier molecular flexibility index (Phi) is 6.08. The number of rotatable bonds is 6. The van der Waals surface area contributed by atoms with Crippen molar-refractivity contribution in [2.24, 2.45) is 11.0 Å². The zero-order valence-corrected chi connectivity index (χ0v) is 20.1. The SMILES string of the molecule is COc1c2c(cc3c1[C@H](c1nnnn1-c1ccc(C(=O)N/N=C\C(C)C)cc1)N(C)CC3)OCO2. The molecule has 2 aromatic carbocycles. The van der Waals surface area contributed by atoms with Crippen molar-refractivity contribution in [3.8, 4) is 22.9 Å². The predicted molar refractivity (Wildman–Crippen MR) is 127 cm³/mol. The maximum Gasteiger partial charge on any atom is 0.271 e. The van der Waals surface area contributed by atoms with Gasteiger partial charge in [-0.3, -0.25) is 9.69 Å². The average Bonchev–Trinajstić information content (AvgIpc) is 3.52. The van der Waals surface area contributed by atoms with Crippen LogP contribution in [0, 0.1) is 5.92 Å². The van der Waals surface area contributed by atoms with Gasteiger partial charge >= 0.3 is 0 Å². The van der Waals surface area contributed by atoms with E-state index in [4.69, 9.17) is 14.2 Å². The lowest BCUT2D eigenvalue weighted by molar-refractivity contribution is 0.0955. The van der Waals surface area contributed by atoms with Gasteiger partial charge in [0.25, 0.3) is 5.91 Å². The molecule has 0 aliphatic carbocycles. The average molecular weight is 478 g/mol. The van der Waals surface area contributed by atoms with Crippen LogP contribution in [-0.2, 0) is 6.42 Å². The normalized spacial score (nSPS) is 17.1. The van der Waals surface area contributed by atoms with Gasteiger partial charge in [0.1, 0.15) is 6.04 Å². The zero-order chi connectivity index (χ0) is 24.5. The summed E-state index contributed by atoms with van der Waals surface area (Å²) in [5.74, 6) is 2.51. The second-order valence-corrected chi connectivity index (χ2v) is 8.81. The molecule has 1 amide bonds. The third kappa shape index (κ3) is 4.18. The number of hydrogen-bond donors (Lipinski definition) is 1. The first-order valence-corrected chi connectivity index (χ1v) is 11.4. The fourth-order valence-electron chi connectivity index (χ4n) is 4.37. The molecule has 1 N–H and O–H groups in total. The van der Waals surface area contributed by atoms with Gasteiger partial charge in [0.15, 0.2) is 17.3 Å². The molecule has 3 aromatic rings. The molecule has 0 saturated carbocycles. The van der Waals surface area contributed by atoms with E-state index < -0.39 is 0 Å². The Hall–Kier alpha value is -3.99. The molecule has 1 atom stereocenters. The lowest BCUT2D eigenvalue weighted by atomic mass is 9.90. The number of methoxy groups -OCH3 is 1. The number of carbonyl (C=O) groups is 1. The van der Waals surface area contributed by atoms with Gasteiger partial charge in [-0.15, -0.1) is 5.10 Å². The van der Waals surface area contributed by atoms with Crippen molar-refractivity contribution in [2.45, 2.75) is 26.3 Å². The highest BCUT2D eigenvalue weighted by atomic mass is 16.7. The van der Waals surface area contributed by atoms with E-state index in [-0.39, 0.29) is 24.7 Å². The van der Waals surface area contributed by atoms with Crippen LogP contribution >= 0.6 is 0 Å². The number of ether oxygens (including phenoxy) is 3. The molecule has 3 heterocycles. The molecule has 35 heavy (non-hydrogen) atoms. The molecule has 5 rings (SSSR count). The third-order valence-electron chi connectivity index (χ3n) is 6.05. The van der Waals surface area contributed by atoms with Gasteiger partial charge in [-0.25, -0.2) is 5.43 Å². The first-order chi connectivity index (χ1) is 17.0. The zero-order valence-electron chi connectivity index (χ0n) is 20.1. The number of aromatic nitrogens is 4. The summed E-state index contributed by atoms with van der Waals surface area (Å²) in [6, 6.07) is 8.80. The van der Waals surface area contributed by atoms with Gasteiger partial charge in [0.2, 0.25) is 12.5 Å². The van der Waals surface area contributed by atoms with E-state index in [1.807, 2.05) is 39.1 Å². The molecule has 0 fully saturated rings. The summed E-state index contributed by atoms with van der Waals surface area (Å²) < 4.78 is 18.8. The largest absolute Gasteiger partial charge is 0.492 e. The van der Waals surface area contributed by atoms with Crippen molar-refractivity contribution in [1.29, 1.82) is 0 Å². The number of carbonyl (C=O) groups excluding carboxylic acids is 1. The van der Waals surface area contributed by atoms with Crippen LogP contribution in [0.25, 0.3) is 5.69 Å². The molecule has 0 radical (unpaired) electrons. The van der Waals surface area contributed by atoms with Crippen LogP contribution in [-0.4, -0.2) is 64.7 Å². The molecule has 0 bridgehead atoms. The Morgan fingerprint density at radius 1 is 1.29 bits per heavy atom. The topological polar surface area (TPSA) is 116 Å². The first-order valence-electron chi connectivity index (χ1n) is 11.4. The Morgan fingerprint density at radius 2 is 2.09 bits per heavy atom.